The molecule has 0 bridgehead atoms. The minimum atomic E-state index is -0.987. The number of carboxylic acids is 1. The van der Waals surface area contributed by atoms with Gasteiger partial charge in [-0.3, -0.25) is 4.68 Å². The number of benzene rings is 1. The molecule has 0 radical (unpaired) electrons. The Balaban J connectivity index is 1.62. The summed E-state index contributed by atoms with van der Waals surface area (Å²) in [6.07, 6.45) is 4.18. The smallest absolute Gasteiger partial charge is 0.338 e. The Morgan fingerprint density at radius 3 is 2.79 bits per heavy atom. The van der Waals surface area contributed by atoms with E-state index in [1.807, 2.05) is 19.1 Å². The summed E-state index contributed by atoms with van der Waals surface area (Å²) < 4.78 is 1.59. The van der Waals surface area contributed by atoms with Crippen molar-refractivity contribution in [2.75, 3.05) is 18.0 Å². The van der Waals surface area contributed by atoms with Crippen molar-refractivity contribution >= 4 is 11.7 Å². The number of nitriles is 1. The van der Waals surface area contributed by atoms with Crippen LogP contribution in [0.1, 0.15) is 33.5 Å². The molecular weight excluding hydrogens is 304 g/mol. The second kappa shape index (κ2) is 5.38. The standard InChI is InChI=1S/C18H18N4O2/c1-11-12(9-22-10-15(6-20-22)18(23)24)2-3-17(16(11)5-19)21-7-13-4-14(13)8-21/h2-3,6,10,13-14H,4,7-9H2,1H3,(H,23,24). The zero-order valence-electron chi connectivity index (χ0n) is 13.4. The zero-order valence-corrected chi connectivity index (χ0v) is 13.4. The molecule has 2 aliphatic rings. The predicted molar refractivity (Wildman–Crippen MR) is 88.0 cm³/mol. The lowest BCUT2D eigenvalue weighted by Gasteiger charge is -2.23. The third-order valence-electron chi connectivity index (χ3n) is 5.20. The number of aromatic carboxylic acids is 1. The normalized spacial score (nSPS) is 21.4. The molecule has 1 N–H and O–H groups in total. The Bertz CT molecular complexity index is 854. The fourth-order valence-electron chi connectivity index (χ4n) is 3.65. The van der Waals surface area contributed by atoms with Crippen LogP contribution >= 0.6 is 0 Å². The van der Waals surface area contributed by atoms with E-state index in [-0.39, 0.29) is 5.56 Å². The van der Waals surface area contributed by atoms with Crippen LogP contribution in [0.2, 0.25) is 0 Å². The Hall–Kier alpha value is -2.81. The van der Waals surface area contributed by atoms with Gasteiger partial charge in [-0.1, -0.05) is 6.07 Å². The monoisotopic (exact) mass is 322 g/mol. The summed E-state index contributed by atoms with van der Waals surface area (Å²) in [4.78, 5) is 13.3. The molecule has 2 heterocycles. The largest absolute Gasteiger partial charge is 0.478 e. The molecule has 122 valence electrons. The average molecular weight is 322 g/mol. The van der Waals surface area contributed by atoms with Gasteiger partial charge in [-0.2, -0.15) is 10.4 Å². The van der Waals surface area contributed by atoms with Crippen molar-refractivity contribution in [2.24, 2.45) is 11.8 Å². The number of piperidine rings is 1. The number of anilines is 1. The minimum Gasteiger partial charge on any atom is -0.478 e. The first-order chi connectivity index (χ1) is 11.6. The third kappa shape index (κ3) is 2.42. The Morgan fingerprint density at radius 1 is 1.42 bits per heavy atom. The maximum atomic E-state index is 11.0. The molecule has 4 rings (SSSR count). The van der Waals surface area contributed by atoms with Gasteiger partial charge in [-0.05, 0) is 42.4 Å². The Kier molecular flexibility index (Phi) is 3.31. The van der Waals surface area contributed by atoms with Gasteiger partial charge in [0.1, 0.15) is 6.07 Å². The third-order valence-corrected chi connectivity index (χ3v) is 5.20. The molecule has 0 spiro atoms. The van der Waals surface area contributed by atoms with Crippen LogP contribution < -0.4 is 4.90 Å². The van der Waals surface area contributed by atoms with E-state index in [2.05, 4.69) is 16.1 Å². The van der Waals surface area contributed by atoms with Crippen molar-refractivity contribution < 1.29 is 9.90 Å². The molecular formula is C18H18N4O2. The van der Waals surface area contributed by atoms with Crippen LogP contribution in [0.4, 0.5) is 5.69 Å². The van der Waals surface area contributed by atoms with Crippen molar-refractivity contribution in [2.45, 2.75) is 19.9 Å². The van der Waals surface area contributed by atoms with Gasteiger partial charge in [0.15, 0.2) is 0 Å². The molecule has 1 saturated heterocycles. The quantitative estimate of drug-likeness (QED) is 0.933. The van der Waals surface area contributed by atoms with Gasteiger partial charge in [-0.25, -0.2) is 4.79 Å². The molecule has 2 fully saturated rings. The van der Waals surface area contributed by atoms with Gasteiger partial charge >= 0.3 is 5.97 Å². The van der Waals surface area contributed by atoms with Crippen molar-refractivity contribution in [3.05, 3.63) is 46.8 Å². The summed E-state index contributed by atoms with van der Waals surface area (Å²) in [5, 5.41) is 22.7. The van der Waals surface area contributed by atoms with E-state index in [4.69, 9.17) is 5.11 Å². The number of hydrogen-bond acceptors (Lipinski definition) is 4. The van der Waals surface area contributed by atoms with Crippen LogP contribution in [0.25, 0.3) is 0 Å². The molecule has 2 atom stereocenters. The lowest BCUT2D eigenvalue weighted by atomic mass is 10.00. The van der Waals surface area contributed by atoms with E-state index in [1.165, 1.54) is 18.8 Å². The Morgan fingerprint density at radius 2 is 2.17 bits per heavy atom. The topological polar surface area (TPSA) is 82.2 Å². The van der Waals surface area contributed by atoms with E-state index in [9.17, 15) is 10.1 Å². The minimum absolute atomic E-state index is 0.168. The summed E-state index contributed by atoms with van der Waals surface area (Å²) in [5.74, 6) is 0.642. The van der Waals surface area contributed by atoms with E-state index in [0.717, 1.165) is 47.3 Å². The van der Waals surface area contributed by atoms with Gasteiger partial charge in [0, 0.05) is 19.3 Å². The molecule has 1 aromatic carbocycles. The second-order valence-corrected chi connectivity index (χ2v) is 6.75. The van der Waals surface area contributed by atoms with Gasteiger partial charge < -0.3 is 10.0 Å². The lowest BCUT2D eigenvalue weighted by Crippen LogP contribution is -2.23. The first kappa shape index (κ1) is 14.8. The van der Waals surface area contributed by atoms with Gasteiger partial charge in [0.05, 0.1) is 29.6 Å². The van der Waals surface area contributed by atoms with Crippen LogP contribution in [0.5, 0.6) is 0 Å². The van der Waals surface area contributed by atoms with Crippen LogP contribution in [-0.2, 0) is 6.54 Å². The highest BCUT2D eigenvalue weighted by Crippen LogP contribution is 2.47. The molecule has 1 aliphatic heterocycles. The molecule has 6 nitrogen and oxygen atoms in total. The van der Waals surface area contributed by atoms with Crippen LogP contribution in [0, 0.1) is 30.1 Å². The van der Waals surface area contributed by atoms with Crippen molar-refractivity contribution in [1.29, 1.82) is 5.26 Å². The highest BCUT2D eigenvalue weighted by Gasteiger charge is 2.45. The number of hydrogen-bond donors (Lipinski definition) is 1. The van der Waals surface area contributed by atoms with E-state index >= 15 is 0 Å². The molecule has 6 heteroatoms. The van der Waals surface area contributed by atoms with Crippen molar-refractivity contribution in [3.63, 3.8) is 0 Å². The van der Waals surface area contributed by atoms with E-state index < -0.39 is 5.97 Å². The second-order valence-electron chi connectivity index (χ2n) is 6.75. The SMILES string of the molecule is Cc1c(Cn2cc(C(=O)O)cn2)ccc(N2CC3CC3C2)c1C#N. The fraction of sp³-hybridized carbons (Fsp3) is 0.389. The molecule has 24 heavy (non-hydrogen) atoms. The molecule has 2 aromatic rings. The summed E-state index contributed by atoms with van der Waals surface area (Å²) in [6.45, 7) is 4.52. The highest BCUT2D eigenvalue weighted by molar-refractivity contribution is 5.86. The Labute approximate surface area is 139 Å². The van der Waals surface area contributed by atoms with Crippen LogP contribution in [0.15, 0.2) is 24.5 Å². The number of fused-ring (bicyclic) bond motifs is 1. The summed E-state index contributed by atoms with van der Waals surface area (Å²) >= 11 is 0. The predicted octanol–water partition coefficient (Wildman–Crippen LogP) is 2.27. The number of rotatable bonds is 4. The van der Waals surface area contributed by atoms with E-state index in [1.54, 1.807) is 4.68 Å². The zero-order chi connectivity index (χ0) is 16.8. The number of carbonyl (C=O) groups is 1. The van der Waals surface area contributed by atoms with Crippen molar-refractivity contribution in [1.82, 2.24) is 9.78 Å². The maximum absolute atomic E-state index is 11.0. The number of nitrogens with zero attached hydrogens (tertiary/aromatic N) is 4. The molecule has 0 amide bonds. The average Bonchev–Trinajstić information content (AvgIpc) is 2.98. The summed E-state index contributed by atoms with van der Waals surface area (Å²) in [7, 11) is 0. The molecule has 2 unspecified atom stereocenters. The fourth-order valence-corrected chi connectivity index (χ4v) is 3.65. The maximum Gasteiger partial charge on any atom is 0.338 e. The molecule has 1 aromatic heterocycles. The number of aromatic nitrogens is 2. The number of carboxylic acid groups (broad SMARTS) is 1. The lowest BCUT2D eigenvalue weighted by molar-refractivity contribution is 0.0697. The van der Waals surface area contributed by atoms with Gasteiger partial charge in [0.2, 0.25) is 0 Å². The highest BCUT2D eigenvalue weighted by atomic mass is 16.4. The first-order valence-electron chi connectivity index (χ1n) is 8.10. The first-order valence-corrected chi connectivity index (χ1v) is 8.10. The summed E-state index contributed by atoms with van der Waals surface area (Å²) in [5.41, 5.74) is 3.85. The van der Waals surface area contributed by atoms with Crippen LogP contribution in [0.3, 0.4) is 0 Å². The molecule has 1 aliphatic carbocycles. The molecule has 1 saturated carbocycles. The van der Waals surface area contributed by atoms with Gasteiger partial charge in [-0.15, -0.1) is 0 Å². The van der Waals surface area contributed by atoms with Gasteiger partial charge in [0.25, 0.3) is 0 Å². The van der Waals surface area contributed by atoms with Crippen molar-refractivity contribution in [3.8, 4) is 6.07 Å². The van der Waals surface area contributed by atoms with Crippen LogP contribution in [-0.4, -0.2) is 33.9 Å². The summed E-state index contributed by atoms with van der Waals surface area (Å²) in [6, 6.07) is 6.40. The van der Waals surface area contributed by atoms with E-state index in [0.29, 0.717) is 6.54 Å².